The van der Waals surface area contributed by atoms with Crippen LogP contribution in [0.5, 0.6) is 0 Å². The van der Waals surface area contributed by atoms with Crippen molar-refractivity contribution in [2.45, 2.75) is 91.0 Å². The first kappa shape index (κ1) is 19.7. The summed E-state index contributed by atoms with van der Waals surface area (Å²) in [4.78, 5) is 14.0. The van der Waals surface area contributed by atoms with Crippen molar-refractivity contribution < 1.29 is 18.8 Å². The fraction of sp³-hybridized carbons (Fsp3) is 0.850. The van der Waals surface area contributed by atoms with E-state index in [9.17, 15) is 4.79 Å². The molecular weight excluding hydrogens is 329 g/mol. The lowest BCUT2D eigenvalue weighted by Crippen LogP contribution is -2.46. The number of hydrogen-bond donors (Lipinski definition) is 0. The van der Waals surface area contributed by atoms with Crippen LogP contribution in [0.2, 0.25) is 0 Å². The van der Waals surface area contributed by atoms with Gasteiger partial charge >= 0.3 is 13.2 Å². The highest BCUT2D eigenvalue weighted by Crippen LogP contribution is 2.55. The van der Waals surface area contributed by atoms with Crippen LogP contribution in [0.25, 0.3) is 0 Å². The molecule has 6 heteroatoms. The Morgan fingerprint density at radius 3 is 2.38 bits per heavy atom. The fourth-order valence-electron chi connectivity index (χ4n) is 3.80. The summed E-state index contributed by atoms with van der Waals surface area (Å²) in [5.41, 5.74) is 0.461. The van der Waals surface area contributed by atoms with E-state index in [1.54, 1.807) is 4.90 Å². The number of nitrogens with zero attached hydrogens (tertiary/aromatic N) is 1. The smallest absolute Gasteiger partial charge is 0.444 e. The van der Waals surface area contributed by atoms with Gasteiger partial charge in [-0.1, -0.05) is 13.0 Å². The molecular formula is C20H34BNO4. The van der Waals surface area contributed by atoms with Crippen LogP contribution in [-0.4, -0.2) is 48.0 Å². The minimum absolute atomic E-state index is 0.257. The largest absolute Gasteiger partial charge is 0.490 e. The zero-order valence-corrected chi connectivity index (χ0v) is 17.5. The molecule has 1 saturated carbocycles. The van der Waals surface area contributed by atoms with Crippen molar-refractivity contribution >= 4 is 13.2 Å². The molecule has 0 aromatic rings. The molecule has 2 heterocycles. The van der Waals surface area contributed by atoms with Crippen molar-refractivity contribution in [2.24, 2.45) is 5.41 Å². The number of rotatable bonds is 3. The van der Waals surface area contributed by atoms with Gasteiger partial charge in [0, 0.05) is 13.1 Å². The van der Waals surface area contributed by atoms with Crippen LogP contribution >= 0.6 is 0 Å². The van der Waals surface area contributed by atoms with Crippen LogP contribution in [0.1, 0.15) is 74.1 Å². The second-order valence-electron chi connectivity index (χ2n) is 10.3. The van der Waals surface area contributed by atoms with E-state index in [4.69, 9.17) is 14.0 Å². The number of ether oxygens (including phenoxy) is 1. The SMILES string of the molecule is CC1(CC2(C)OB(C3=CCN(C(=O)OC(C)(C)C)CC3)OC2(C)C)CC1. The number of hydrogen-bond acceptors (Lipinski definition) is 4. The molecule has 0 radical (unpaired) electrons. The Bertz CT molecular complexity index is 605. The molecule has 0 N–H and O–H groups in total. The van der Waals surface area contributed by atoms with Gasteiger partial charge in [0.25, 0.3) is 0 Å². The maximum Gasteiger partial charge on any atom is 0.490 e. The van der Waals surface area contributed by atoms with E-state index >= 15 is 0 Å². The van der Waals surface area contributed by atoms with Crippen molar-refractivity contribution in [3.8, 4) is 0 Å². The number of amides is 1. The van der Waals surface area contributed by atoms with E-state index in [1.165, 1.54) is 12.8 Å². The summed E-state index contributed by atoms with van der Waals surface area (Å²) in [6.45, 7) is 15.6. The monoisotopic (exact) mass is 363 g/mol. The Morgan fingerprint density at radius 1 is 1.23 bits per heavy atom. The molecule has 1 saturated heterocycles. The summed E-state index contributed by atoms with van der Waals surface area (Å²) in [6, 6.07) is 0. The zero-order chi connectivity index (χ0) is 19.4. The second kappa shape index (κ2) is 6.27. The van der Waals surface area contributed by atoms with Crippen LogP contribution < -0.4 is 0 Å². The van der Waals surface area contributed by atoms with Gasteiger partial charge in [0.2, 0.25) is 0 Å². The lowest BCUT2D eigenvalue weighted by Gasteiger charge is -2.38. The van der Waals surface area contributed by atoms with Crippen molar-refractivity contribution in [1.82, 2.24) is 4.90 Å². The van der Waals surface area contributed by atoms with Crippen LogP contribution in [0, 0.1) is 5.41 Å². The first-order valence-corrected chi connectivity index (χ1v) is 9.85. The maximum atomic E-state index is 12.2. The van der Waals surface area contributed by atoms with Crippen LogP contribution in [0.15, 0.2) is 11.5 Å². The third-order valence-electron chi connectivity index (χ3n) is 6.11. The molecule has 26 heavy (non-hydrogen) atoms. The molecule has 0 aromatic heterocycles. The lowest BCUT2D eigenvalue weighted by atomic mass is 9.74. The molecule has 0 spiro atoms. The van der Waals surface area contributed by atoms with Gasteiger partial charge in [-0.3, -0.25) is 0 Å². The second-order valence-corrected chi connectivity index (χ2v) is 10.3. The molecule has 2 aliphatic heterocycles. The van der Waals surface area contributed by atoms with Gasteiger partial charge in [0.15, 0.2) is 0 Å². The molecule has 0 bridgehead atoms. The maximum absolute atomic E-state index is 12.2. The van der Waals surface area contributed by atoms with Gasteiger partial charge < -0.3 is 18.9 Å². The highest BCUT2D eigenvalue weighted by Gasteiger charge is 2.58. The van der Waals surface area contributed by atoms with E-state index in [-0.39, 0.29) is 24.4 Å². The van der Waals surface area contributed by atoms with Gasteiger partial charge in [0.05, 0.1) is 11.2 Å². The average Bonchev–Trinajstić information content (AvgIpc) is 3.15. The Hall–Kier alpha value is -1.01. The van der Waals surface area contributed by atoms with Gasteiger partial charge in [-0.15, -0.1) is 0 Å². The highest BCUT2D eigenvalue weighted by atomic mass is 16.7. The quantitative estimate of drug-likeness (QED) is 0.700. The average molecular weight is 363 g/mol. The van der Waals surface area contributed by atoms with Crippen LogP contribution in [0.4, 0.5) is 4.79 Å². The first-order valence-electron chi connectivity index (χ1n) is 9.85. The molecule has 146 valence electrons. The summed E-state index contributed by atoms with van der Waals surface area (Å²) in [5, 5.41) is 0. The summed E-state index contributed by atoms with van der Waals surface area (Å²) in [7, 11) is -0.307. The molecule has 0 aromatic carbocycles. The van der Waals surface area contributed by atoms with Gasteiger partial charge in [0.1, 0.15) is 5.60 Å². The third kappa shape index (κ3) is 4.11. The van der Waals surface area contributed by atoms with E-state index in [0.717, 1.165) is 18.3 Å². The van der Waals surface area contributed by atoms with E-state index < -0.39 is 5.60 Å². The molecule has 5 nitrogen and oxygen atoms in total. The van der Waals surface area contributed by atoms with E-state index in [0.29, 0.717) is 18.5 Å². The molecule has 2 fully saturated rings. The van der Waals surface area contributed by atoms with Crippen molar-refractivity contribution in [3.05, 3.63) is 11.5 Å². The predicted molar refractivity (Wildman–Crippen MR) is 103 cm³/mol. The summed E-state index contributed by atoms with van der Waals surface area (Å²) < 4.78 is 18.3. The van der Waals surface area contributed by atoms with E-state index in [1.807, 2.05) is 20.8 Å². The molecule has 1 unspecified atom stereocenters. The van der Waals surface area contributed by atoms with Crippen molar-refractivity contribution in [3.63, 3.8) is 0 Å². The first-order chi connectivity index (χ1) is 11.8. The van der Waals surface area contributed by atoms with Gasteiger partial charge in [-0.25, -0.2) is 4.79 Å². The normalized spacial score (nSPS) is 30.2. The Kier molecular flexibility index (Phi) is 4.76. The molecule has 3 aliphatic rings. The molecule has 3 rings (SSSR count). The predicted octanol–water partition coefficient (Wildman–Crippen LogP) is 4.36. The molecule has 1 amide bonds. The lowest BCUT2D eigenvalue weighted by molar-refractivity contribution is -0.0284. The fourth-order valence-corrected chi connectivity index (χ4v) is 3.80. The Labute approximate surface area is 158 Å². The zero-order valence-electron chi connectivity index (χ0n) is 17.5. The summed E-state index contributed by atoms with van der Waals surface area (Å²) >= 11 is 0. The summed E-state index contributed by atoms with van der Waals surface area (Å²) in [6.07, 6.45) is 6.15. The van der Waals surface area contributed by atoms with Crippen molar-refractivity contribution in [1.29, 1.82) is 0 Å². The topological polar surface area (TPSA) is 48.0 Å². The highest BCUT2D eigenvalue weighted by molar-refractivity contribution is 6.54. The number of carbonyl (C=O) groups excluding carboxylic acids is 1. The summed E-state index contributed by atoms with van der Waals surface area (Å²) in [5.74, 6) is 0. The molecule has 1 aliphatic carbocycles. The third-order valence-corrected chi connectivity index (χ3v) is 6.11. The van der Waals surface area contributed by atoms with E-state index in [2.05, 4.69) is 33.8 Å². The minimum Gasteiger partial charge on any atom is -0.444 e. The minimum atomic E-state index is -0.469. The van der Waals surface area contributed by atoms with Crippen LogP contribution in [-0.2, 0) is 14.0 Å². The molecule has 1 atom stereocenters. The Balaban J connectivity index is 1.63. The number of carbonyl (C=O) groups is 1. The van der Waals surface area contributed by atoms with Crippen molar-refractivity contribution in [2.75, 3.05) is 13.1 Å². The standard InChI is InChI=1S/C20H34BNO4/c1-17(2,3)24-16(23)22-12-8-15(9-13-22)21-25-18(4,5)20(7,26-21)14-19(6)10-11-19/h8H,9-14H2,1-7H3. The Morgan fingerprint density at radius 2 is 1.88 bits per heavy atom. The van der Waals surface area contributed by atoms with Gasteiger partial charge in [-0.05, 0) is 78.1 Å². The van der Waals surface area contributed by atoms with Gasteiger partial charge in [-0.2, -0.15) is 0 Å². The van der Waals surface area contributed by atoms with Crippen LogP contribution in [0.3, 0.4) is 0 Å².